The molecule has 2 aliphatic heterocycles. The van der Waals surface area contributed by atoms with Crippen molar-refractivity contribution < 1.29 is 4.79 Å². The van der Waals surface area contributed by atoms with Crippen molar-refractivity contribution in [1.82, 2.24) is 9.80 Å². The number of likely N-dealkylation sites (tertiary alicyclic amines) is 1. The van der Waals surface area contributed by atoms with Crippen LogP contribution in [0.2, 0.25) is 0 Å². The molecule has 2 saturated heterocycles. The lowest BCUT2D eigenvalue weighted by Crippen LogP contribution is -2.41. The lowest BCUT2D eigenvalue weighted by Gasteiger charge is -2.27. The van der Waals surface area contributed by atoms with E-state index < -0.39 is 0 Å². The van der Waals surface area contributed by atoms with Gasteiger partial charge in [0.2, 0.25) is 5.91 Å². The number of carbonyl (C=O) groups is 1. The maximum Gasteiger partial charge on any atom is 0.246 e. The van der Waals surface area contributed by atoms with Gasteiger partial charge >= 0.3 is 0 Å². The molecule has 2 bridgehead atoms. The number of hydrogen-bond donors (Lipinski definition) is 0. The highest BCUT2D eigenvalue weighted by molar-refractivity contribution is 5.87. The van der Waals surface area contributed by atoms with Gasteiger partial charge in [-0.2, -0.15) is 0 Å². The Morgan fingerprint density at radius 3 is 2.79 bits per heavy atom. The van der Waals surface area contributed by atoms with Crippen molar-refractivity contribution >= 4 is 5.91 Å². The number of nitrogens with zero attached hydrogens (tertiary/aromatic N) is 2. The lowest BCUT2D eigenvalue weighted by atomic mass is 10.1. The summed E-state index contributed by atoms with van der Waals surface area (Å²) in [6.45, 7) is 5.71. The highest BCUT2D eigenvalue weighted by Gasteiger charge is 2.38. The minimum atomic E-state index is 0.118. The van der Waals surface area contributed by atoms with Gasteiger partial charge in [-0.15, -0.1) is 0 Å². The van der Waals surface area contributed by atoms with Crippen LogP contribution < -0.4 is 0 Å². The molecule has 0 aromatic heterocycles. The monoisotopic (exact) mass is 194 g/mol. The van der Waals surface area contributed by atoms with Gasteiger partial charge in [-0.25, -0.2) is 0 Å². The van der Waals surface area contributed by atoms with Gasteiger partial charge in [-0.05, 0) is 38.9 Å². The molecule has 2 unspecified atom stereocenters. The Hall–Kier alpha value is -0.830. The number of amides is 1. The van der Waals surface area contributed by atoms with Gasteiger partial charge in [-0.3, -0.25) is 4.79 Å². The summed E-state index contributed by atoms with van der Waals surface area (Å²) < 4.78 is 0. The van der Waals surface area contributed by atoms with Crippen LogP contribution in [0.25, 0.3) is 0 Å². The van der Waals surface area contributed by atoms with Gasteiger partial charge in [0.15, 0.2) is 0 Å². The average Bonchev–Trinajstić information content (AvgIpc) is 2.47. The first kappa shape index (κ1) is 9.71. The Morgan fingerprint density at radius 1 is 1.36 bits per heavy atom. The lowest BCUT2D eigenvalue weighted by molar-refractivity contribution is -0.128. The molecule has 1 amide bonds. The second-order valence-electron chi connectivity index (χ2n) is 4.39. The van der Waals surface area contributed by atoms with E-state index >= 15 is 0 Å². The first-order valence-electron chi connectivity index (χ1n) is 5.35. The summed E-state index contributed by atoms with van der Waals surface area (Å²) in [5.41, 5.74) is 0. The molecule has 2 heterocycles. The molecular formula is C11H18N2O. The van der Waals surface area contributed by atoms with E-state index in [1.54, 1.807) is 0 Å². The highest BCUT2D eigenvalue weighted by atomic mass is 16.2. The van der Waals surface area contributed by atoms with Gasteiger partial charge in [0.25, 0.3) is 0 Å². The van der Waals surface area contributed by atoms with Crippen LogP contribution in [-0.4, -0.2) is 47.9 Å². The summed E-state index contributed by atoms with van der Waals surface area (Å²) in [6, 6.07) is 0.897. The topological polar surface area (TPSA) is 23.6 Å². The zero-order valence-corrected chi connectivity index (χ0v) is 8.78. The number of fused-ring (bicyclic) bond motifs is 2. The molecule has 0 saturated carbocycles. The molecule has 3 nitrogen and oxygen atoms in total. The van der Waals surface area contributed by atoms with Crippen LogP contribution in [0.4, 0.5) is 0 Å². The number of rotatable bonds is 1. The van der Waals surface area contributed by atoms with E-state index in [1.165, 1.54) is 12.5 Å². The number of likely N-dealkylation sites (N-methyl/N-ethyl adjacent to an activating group) is 1. The predicted octanol–water partition coefficient (Wildman–Crippen LogP) is 0.867. The summed E-state index contributed by atoms with van der Waals surface area (Å²) >= 11 is 0. The molecule has 0 aromatic carbocycles. The van der Waals surface area contributed by atoms with Crippen molar-refractivity contribution in [3.8, 4) is 0 Å². The summed E-state index contributed by atoms with van der Waals surface area (Å²) in [6.07, 6.45) is 4.91. The Morgan fingerprint density at radius 2 is 2.07 bits per heavy atom. The highest BCUT2D eigenvalue weighted by Crippen LogP contribution is 2.29. The van der Waals surface area contributed by atoms with Gasteiger partial charge in [0.05, 0.1) is 0 Å². The molecule has 2 rings (SSSR count). The van der Waals surface area contributed by atoms with Crippen LogP contribution in [0, 0.1) is 0 Å². The molecule has 2 fully saturated rings. The van der Waals surface area contributed by atoms with E-state index in [2.05, 4.69) is 23.4 Å². The third-order valence-corrected chi connectivity index (χ3v) is 3.42. The SMILES string of the molecule is C=CC(=O)N1C2CCC1CN(C)CC2. The number of carbonyl (C=O) groups excluding carboxylic acids is 1. The summed E-state index contributed by atoms with van der Waals surface area (Å²) in [7, 11) is 2.14. The fraction of sp³-hybridized carbons (Fsp3) is 0.727. The summed E-state index contributed by atoms with van der Waals surface area (Å²) in [4.78, 5) is 16.1. The van der Waals surface area contributed by atoms with Gasteiger partial charge in [-0.1, -0.05) is 6.58 Å². The van der Waals surface area contributed by atoms with E-state index in [0.717, 1.165) is 25.9 Å². The molecule has 0 spiro atoms. The van der Waals surface area contributed by atoms with E-state index in [9.17, 15) is 4.79 Å². The van der Waals surface area contributed by atoms with Gasteiger partial charge < -0.3 is 9.80 Å². The van der Waals surface area contributed by atoms with Crippen molar-refractivity contribution in [3.63, 3.8) is 0 Å². The Bertz CT molecular complexity index is 252. The normalized spacial score (nSPS) is 32.8. The minimum Gasteiger partial charge on any atom is -0.332 e. The quantitative estimate of drug-likeness (QED) is 0.578. The van der Waals surface area contributed by atoms with Crippen molar-refractivity contribution in [2.75, 3.05) is 20.1 Å². The second kappa shape index (κ2) is 3.73. The fourth-order valence-corrected chi connectivity index (χ4v) is 2.71. The van der Waals surface area contributed by atoms with Gasteiger partial charge in [0, 0.05) is 18.6 Å². The third-order valence-electron chi connectivity index (χ3n) is 3.42. The Kier molecular flexibility index (Phi) is 2.59. The van der Waals surface area contributed by atoms with Crippen LogP contribution in [0.1, 0.15) is 19.3 Å². The largest absolute Gasteiger partial charge is 0.332 e. The third kappa shape index (κ3) is 1.57. The van der Waals surface area contributed by atoms with Crippen molar-refractivity contribution in [2.24, 2.45) is 0 Å². The van der Waals surface area contributed by atoms with Crippen LogP contribution in [-0.2, 0) is 4.79 Å². The maximum atomic E-state index is 11.7. The Balaban J connectivity index is 2.16. The molecule has 0 aliphatic carbocycles. The smallest absolute Gasteiger partial charge is 0.246 e. The van der Waals surface area contributed by atoms with Gasteiger partial charge in [0.1, 0.15) is 0 Å². The van der Waals surface area contributed by atoms with Crippen LogP contribution in [0.5, 0.6) is 0 Å². The standard InChI is InChI=1S/C11H18N2O/c1-3-11(14)13-9-4-5-10(13)8-12(2)7-6-9/h3,9-10H,1,4-8H2,2H3. The first-order chi connectivity index (χ1) is 6.72. The van der Waals surface area contributed by atoms with E-state index in [0.29, 0.717) is 12.1 Å². The van der Waals surface area contributed by atoms with Crippen molar-refractivity contribution in [1.29, 1.82) is 0 Å². The van der Waals surface area contributed by atoms with E-state index in [1.807, 2.05) is 0 Å². The van der Waals surface area contributed by atoms with Crippen LogP contribution in [0.15, 0.2) is 12.7 Å². The van der Waals surface area contributed by atoms with Crippen molar-refractivity contribution in [3.05, 3.63) is 12.7 Å². The minimum absolute atomic E-state index is 0.118. The second-order valence-corrected chi connectivity index (χ2v) is 4.39. The average molecular weight is 194 g/mol. The van der Waals surface area contributed by atoms with Crippen LogP contribution in [0.3, 0.4) is 0 Å². The molecule has 2 atom stereocenters. The first-order valence-corrected chi connectivity index (χ1v) is 5.35. The summed E-state index contributed by atoms with van der Waals surface area (Å²) in [5, 5.41) is 0. The molecule has 0 N–H and O–H groups in total. The van der Waals surface area contributed by atoms with E-state index in [-0.39, 0.29) is 5.91 Å². The molecule has 3 heteroatoms. The zero-order valence-electron chi connectivity index (χ0n) is 8.78. The predicted molar refractivity (Wildman–Crippen MR) is 56.0 cm³/mol. The van der Waals surface area contributed by atoms with Crippen LogP contribution >= 0.6 is 0 Å². The fourth-order valence-electron chi connectivity index (χ4n) is 2.71. The molecule has 0 radical (unpaired) electrons. The Labute approximate surface area is 85.4 Å². The zero-order chi connectivity index (χ0) is 10.1. The van der Waals surface area contributed by atoms with Crippen molar-refractivity contribution in [2.45, 2.75) is 31.3 Å². The van der Waals surface area contributed by atoms with E-state index in [4.69, 9.17) is 0 Å². The molecule has 78 valence electrons. The molecule has 0 aromatic rings. The molecular weight excluding hydrogens is 176 g/mol. The molecule has 14 heavy (non-hydrogen) atoms. The molecule has 2 aliphatic rings. The maximum absolute atomic E-state index is 11.7. The number of hydrogen-bond acceptors (Lipinski definition) is 2. The summed E-state index contributed by atoms with van der Waals surface area (Å²) in [5.74, 6) is 0.118.